The van der Waals surface area contributed by atoms with E-state index in [1.165, 1.54) is 4.88 Å². The first-order valence-electron chi connectivity index (χ1n) is 11.9. The highest BCUT2D eigenvalue weighted by atomic mass is 32.1. The minimum absolute atomic E-state index is 0.00306. The van der Waals surface area contributed by atoms with Gasteiger partial charge in [0, 0.05) is 30.1 Å². The Morgan fingerprint density at radius 1 is 1.30 bits per heavy atom. The third-order valence-electron chi connectivity index (χ3n) is 6.99. The summed E-state index contributed by atoms with van der Waals surface area (Å²) in [6.07, 6.45) is 6.67. The molecule has 180 valence electrons. The van der Waals surface area contributed by atoms with Crippen LogP contribution in [0.5, 0.6) is 0 Å². The van der Waals surface area contributed by atoms with Crippen molar-refractivity contribution >= 4 is 22.4 Å². The highest BCUT2D eigenvalue weighted by Gasteiger charge is 2.45. The summed E-state index contributed by atoms with van der Waals surface area (Å²) < 4.78 is 31.5. The van der Waals surface area contributed by atoms with Gasteiger partial charge in [-0.3, -0.25) is 9.69 Å². The van der Waals surface area contributed by atoms with Crippen LogP contribution in [0.4, 0.5) is 13.9 Å². The van der Waals surface area contributed by atoms with Gasteiger partial charge in [-0.25, -0.2) is 13.8 Å². The van der Waals surface area contributed by atoms with Gasteiger partial charge in [0.05, 0.1) is 30.9 Å². The maximum atomic E-state index is 13.2. The molecule has 33 heavy (non-hydrogen) atoms. The molecule has 2 aromatic rings. The number of rotatable bonds is 7. The highest BCUT2D eigenvalue weighted by Crippen LogP contribution is 2.37. The lowest BCUT2D eigenvalue weighted by molar-refractivity contribution is -0.121. The normalized spacial score (nSPS) is 24.9. The first kappa shape index (κ1) is 22.7. The molecule has 2 fully saturated rings. The van der Waals surface area contributed by atoms with Crippen LogP contribution in [0.1, 0.15) is 54.1 Å². The molecule has 10 heteroatoms. The summed E-state index contributed by atoms with van der Waals surface area (Å²) >= 11 is 1.59. The van der Waals surface area contributed by atoms with Gasteiger partial charge < -0.3 is 14.7 Å². The maximum Gasteiger partial charge on any atom is 0.282 e. The number of halogens is 2. The van der Waals surface area contributed by atoms with E-state index in [0.717, 1.165) is 74.7 Å². The van der Waals surface area contributed by atoms with Crippen molar-refractivity contribution in [2.45, 2.75) is 70.4 Å². The molecule has 2 aromatic heterocycles. The quantitative estimate of drug-likeness (QED) is 0.655. The van der Waals surface area contributed by atoms with Gasteiger partial charge in [0.15, 0.2) is 5.13 Å². The van der Waals surface area contributed by atoms with E-state index in [1.54, 1.807) is 22.3 Å². The fourth-order valence-electron chi connectivity index (χ4n) is 5.11. The van der Waals surface area contributed by atoms with Crippen molar-refractivity contribution in [2.75, 3.05) is 31.1 Å². The van der Waals surface area contributed by atoms with Crippen LogP contribution in [-0.2, 0) is 24.2 Å². The summed E-state index contributed by atoms with van der Waals surface area (Å²) in [6.45, 7) is 4.32. The van der Waals surface area contributed by atoms with Gasteiger partial charge in [-0.15, -0.1) is 11.3 Å². The molecule has 2 aliphatic heterocycles. The van der Waals surface area contributed by atoms with Gasteiger partial charge in [0.1, 0.15) is 5.76 Å². The number of nitrogens with one attached hydrogen (secondary N) is 1. The van der Waals surface area contributed by atoms with Crippen LogP contribution < -0.4 is 10.2 Å². The van der Waals surface area contributed by atoms with E-state index in [1.807, 2.05) is 6.92 Å². The molecule has 1 saturated carbocycles. The fourth-order valence-corrected chi connectivity index (χ4v) is 6.17. The lowest BCUT2D eigenvalue weighted by atomic mass is 9.84. The van der Waals surface area contributed by atoms with E-state index in [4.69, 9.17) is 4.52 Å². The number of aromatic nitrogens is 2. The van der Waals surface area contributed by atoms with Crippen molar-refractivity contribution < 1.29 is 18.1 Å². The number of alkyl halides is 2. The van der Waals surface area contributed by atoms with Crippen LogP contribution in [0, 0.1) is 12.8 Å². The van der Waals surface area contributed by atoms with Crippen molar-refractivity contribution in [1.29, 1.82) is 0 Å². The summed E-state index contributed by atoms with van der Waals surface area (Å²) in [5.74, 6) is -1.26. The Hall–Kier alpha value is -2.07. The second-order valence-corrected chi connectivity index (χ2v) is 10.9. The van der Waals surface area contributed by atoms with E-state index in [0.29, 0.717) is 11.7 Å². The summed E-state index contributed by atoms with van der Waals surface area (Å²) in [5, 5.41) is 7.73. The number of nitrogens with zero attached hydrogens (tertiary/aromatic N) is 4. The number of thiazole rings is 1. The van der Waals surface area contributed by atoms with Crippen molar-refractivity contribution in [2.24, 2.45) is 5.92 Å². The largest absolute Gasteiger partial charge is 0.361 e. The molecule has 1 amide bonds. The average molecular weight is 480 g/mol. The van der Waals surface area contributed by atoms with Crippen molar-refractivity contribution in [1.82, 2.24) is 20.4 Å². The number of fused-ring (bicyclic) bond motifs is 1. The molecule has 7 nitrogen and oxygen atoms in total. The molecule has 0 atom stereocenters. The summed E-state index contributed by atoms with van der Waals surface area (Å²) in [5.41, 5.74) is 1.86. The van der Waals surface area contributed by atoms with Crippen LogP contribution in [-0.4, -0.2) is 59.1 Å². The zero-order valence-electron chi connectivity index (χ0n) is 19.0. The van der Waals surface area contributed by atoms with Gasteiger partial charge >= 0.3 is 0 Å². The number of hydrogen-bond acceptors (Lipinski definition) is 7. The summed E-state index contributed by atoms with van der Waals surface area (Å²) in [7, 11) is 0. The SMILES string of the molecule is Cc1cc(CC(=O)N[C@H]2CC[C@H](CCN3CCc4sc(N5CC(F)(F)C5)nc4C3)CC2)on1. The van der Waals surface area contributed by atoms with Gasteiger partial charge in [-0.1, -0.05) is 5.16 Å². The van der Waals surface area contributed by atoms with E-state index < -0.39 is 5.92 Å². The van der Waals surface area contributed by atoms with E-state index >= 15 is 0 Å². The lowest BCUT2D eigenvalue weighted by Gasteiger charge is -2.38. The molecule has 0 spiro atoms. The molecular weight excluding hydrogens is 448 g/mol. The Morgan fingerprint density at radius 2 is 2.09 bits per heavy atom. The average Bonchev–Trinajstić information content (AvgIpc) is 3.36. The van der Waals surface area contributed by atoms with E-state index in [2.05, 4.69) is 20.4 Å². The fraction of sp³-hybridized carbons (Fsp3) is 0.696. The molecule has 1 N–H and O–H groups in total. The topological polar surface area (TPSA) is 74.5 Å². The minimum atomic E-state index is -2.56. The van der Waals surface area contributed by atoms with Crippen LogP contribution in [0.3, 0.4) is 0 Å². The molecule has 1 aliphatic carbocycles. The second kappa shape index (κ2) is 9.29. The van der Waals surface area contributed by atoms with Crippen molar-refractivity contribution in [3.8, 4) is 0 Å². The van der Waals surface area contributed by atoms with E-state index in [9.17, 15) is 13.6 Å². The van der Waals surface area contributed by atoms with E-state index in [-0.39, 0.29) is 31.5 Å². The van der Waals surface area contributed by atoms with Gasteiger partial charge in [0.25, 0.3) is 5.92 Å². The standard InChI is InChI=1S/C23H31F2N5O2S/c1-15-10-18(32-28-15)11-21(31)26-17-4-2-16(3-5-17)6-8-29-9-7-20-19(12-29)27-22(33-20)30-13-23(24,25)14-30/h10,16-17H,2-9,11-14H2,1H3,(H,26,31)/t16-,17-. The molecular formula is C23H31F2N5O2S. The number of carbonyl (C=O) groups is 1. The zero-order chi connectivity index (χ0) is 23.0. The van der Waals surface area contributed by atoms with Crippen LogP contribution in [0.2, 0.25) is 0 Å². The van der Waals surface area contributed by atoms with Crippen LogP contribution in [0.15, 0.2) is 10.6 Å². The van der Waals surface area contributed by atoms with Gasteiger partial charge in [-0.2, -0.15) is 0 Å². The van der Waals surface area contributed by atoms with Crippen LogP contribution >= 0.6 is 11.3 Å². The third kappa shape index (κ3) is 5.54. The molecule has 0 aromatic carbocycles. The van der Waals surface area contributed by atoms with Crippen molar-refractivity contribution in [3.05, 3.63) is 28.1 Å². The first-order chi connectivity index (χ1) is 15.8. The Morgan fingerprint density at radius 3 is 2.79 bits per heavy atom. The zero-order valence-corrected chi connectivity index (χ0v) is 19.8. The lowest BCUT2D eigenvalue weighted by Crippen LogP contribution is -2.56. The molecule has 0 bridgehead atoms. The molecule has 4 heterocycles. The predicted octanol–water partition coefficient (Wildman–Crippen LogP) is 3.56. The molecule has 0 unspecified atom stereocenters. The second-order valence-electron chi connectivity index (χ2n) is 9.79. The number of anilines is 1. The Kier molecular flexibility index (Phi) is 6.39. The third-order valence-corrected chi connectivity index (χ3v) is 8.21. The maximum absolute atomic E-state index is 13.2. The summed E-state index contributed by atoms with van der Waals surface area (Å²) in [4.78, 5) is 22.3. The Bertz CT molecular complexity index is 977. The monoisotopic (exact) mass is 479 g/mol. The first-order valence-corrected chi connectivity index (χ1v) is 12.7. The van der Waals surface area contributed by atoms with Gasteiger partial charge in [0.2, 0.25) is 5.91 Å². The Labute approximate surface area is 196 Å². The molecule has 0 radical (unpaired) electrons. The van der Waals surface area contributed by atoms with Crippen molar-refractivity contribution in [3.63, 3.8) is 0 Å². The van der Waals surface area contributed by atoms with Gasteiger partial charge in [-0.05, 0) is 57.9 Å². The highest BCUT2D eigenvalue weighted by molar-refractivity contribution is 7.15. The Balaban J connectivity index is 1.02. The molecule has 5 rings (SSSR count). The smallest absolute Gasteiger partial charge is 0.282 e. The molecule has 3 aliphatic rings. The number of hydrogen-bond donors (Lipinski definition) is 1. The minimum Gasteiger partial charge on any atom is -0.361 e. The predicted molar refractivity (Wildman–Crippen MR) is 122 cm³/mol. The number of aryl methyl sites for hydroxylation is 1. The number of amides is 1. The summed E-state index contributed by atoms with van der Waals surface area (Å²) in [6, 6.07) is 2.05. The van der Waals surface area contributed by atoms with Crippen LogP contribution in [0.25, 0.3) is 0 Å². The molecule has 1 saturated heterocycles. The number of carbonyl (C=O) groups excluding carboxylic acids is 1.